The molecule has 176 valence electrons. The number of nitrogens with zero attached hydrogens (tertiary/aromatic N) is 2. The van der Waals surface area contributed by atoms with E-state index >= 15 is 0 Å². The number of nitrogens with one attached hydrogen (secondary N) is 2. The van der Waals surface area contributed by atoms with Gasteiger partial charge in [-0.25, -0.2) is 12.7 Å². The van der Waals surface area contributed by atoms with Gasteiger partial charge in [0, 0.05) is 38.3 Å². The Balaban J connectivity index is 1.60. The maximum atomic E-state index is 12.6. The number of aryl methyl sites for hydroxylation is 1. The van der Waals surface area contributed by atoms with E-state index in [-0.39, 0.29) is 29.3 Å². The fourth-order valence-electron chi connectivity index (χ4n) is 3.57. The molecule has 0 bridgehead atoms. The third kappa shape index (κ3) is 5.58. The number of carbonyl (C=O) groups excluding carboxylic acids is 3. The van der Waals surface area contributed by atoms with Crippen molar-refractivity contribution in [1.82, 2.24) is 15.2 Å². The largest absolute Gasteiger partial charge is 0.312 e. The van der Waals surface area contributed by atoms with Crippen LogP contribution in [0.2, 0.25) is 0 Å². The van der Waals surface area contributed by atoms with E-state index in [9.17, 15) is 22.8 Å². The second-order valence-electron chi connectivity index (χ2n) is 8.08. The summed E-state index contributed by atoms with van der Waals surface area (Å²) in [4.78, 5) is 39.0. The molecule has 3 rings (SSSR count). The average Bonchev–Trinajstić information content (AvgIpc) is 3.19. The molecule has 0 aromatic heterocycles. The Kier molecular flexibility index (Phi) is 7.50. The van der Waals surface area contributed by atoms with Crippen molar-refractivity contribution in [3.05, 3.63) is 59.7 Å². The van der Waals surface area contributed by atoms with Crippen molar-refractivity contribution >= 4 is 33.4 Å². The van der Waals surface area contributed by atoms with Gasteiger partial charge >= 0.3 is 0 Å². The quantitative estimate of drug-likeness (QED) is 0.595. The van der Waals surface area contributed by atoms with Gasteiger partial charge in [0.25, 0.3) is 5.91 Å². The number of amides is 3. The summed E-state index contributed by atoms with van der Waals surface area (Å²) in [5.74, 6) is -1.93. The first-order chi connectivity index (χ1) is 15.6. The lowest BCUT2D eigenvalue weighted by Gasteiger charge is -2.17. The van der Waals surface area contributed by atoms with Crippen LogP contribution in [-0.4, -0.2) is 51.1 Å². The van der Waals surface area contributed by atoms with Gasteiger partial charge in [-0.2, -0.15) is 0 Å². The number of carbonyl (C=O) groups is 3. The van der Waals surface area contributed by atoms with Crippen LogP contribution in [0.25, 0.3) is 0 Å². The van der Waals surface area contributed by atoms with Crippen LogP contribution in [0, 0.1) is 5.92 Å². The normalized spacial score (nSPS) is 16.2. The van der Waals surface area contributed by atoms with Crippen LogP contribution >= 0.6 is 0 Å². The molecule has 0 saturated carbocycles. The zero-order chi connectivity index (χ0) is 24.2. The molecule has 33 heavy (non-hydrogen) atoms. The highest BCUT2D eigenvalue weighted by atomic mass is 32.2. The van der Waals surface area contributed by atoms with Gasteiger partial charge in [-0.05, 0) is 42.3 Å². The molecular formula is C23H28N4O5S. The molecule has 2 aromatic rings. The molecule has 1 saturated heterocycles. The highest BCUT2D eigenvalue weighted by molar-refractivity contribution is 7.89. The van der Waals surface area contributed by atoms with E-state index in [0.29, 0.717) is 0 Å². The molecule has 1 fully saturated rings. The van der Waals surface area contributed by atoms with Crippen LogP contribution in [0.5, 0.6) is 0 Å². The number of hydrazine groups is 1. The predicted octanol–water partition coefficient (Wildman–Crippen LogP) is 1.70. The molecule has 1 aliphatic heterocycles. The lowest BCUT2D eigenvalue weighted by molar-refractivity contribution is -0.126. The smallest absolute Gasteiger partial charge is 0.269 e. The number of benzene rings is 2. The maximum absolute atomic E-state index is 12.6. The van der Waals surface area contributed by atoms with E-state index < -0.39 is 27.8 Å². The summed E-state index contributed by atoms with van der Waals surface area (Å²) in [5.41, 5.74) is 6.64. The summed E-state index contributed by atoms with van der Waals surface area (Å²) < 4.78 is 25.6. The maximum Gasteiger partial charge on any atom is 0.269 e. The molecular weight excluding hydrogens is 444 g/mol. The number of sulfonamides is 1. The van der Waals surface area contributed by atoms with Gasteiger partial charge in [0.2, 0.25) is 21.8 Å². The zero-order valence-electron chi connectivity index (χ0n) is 18.9. The number of anilines is 1. The van der Waals surface area contributed by atoms with Crippen molar-refractivity contribution in [1.29, 1.82) is 0 Å². The predicted molar refractivity (Wildman–Crippen MR) is 124 cm³/mol. The third-order valence-electron chi connectivity index (χ3n) is 5.46. The van der Waals surface area contributed by atoms with Crippen molar-refractivity contribution in [3.63, 3.8) is 0 Å². The minimum atomic E-state index is -3.70. The van der Waals surface area contributed by atoms with Crippen LogP contribution < -0.4 is 15.8 Å². The summed E-state index contributed by atoms with van der Waals surface area (Å²) in [6, 6.07) is 13.2. The Labute approximate surface area is 193 Å². The van der Waals surface area contributed by atoms with Crippen LogP contribution in [0.4, 0.5) is 5.69 Å². The highest BCUT2D eigenvalue weighted by Crippen LogP contribution is 2.25. The molecule has 0 radical (unpaired) electrons. The Morgan fingerprint density at radius 1 is 1.09 bits per heavy atom. The van der Waals surface area contributed by atoms with Crippen molar-refractivity contribution in [3.8, 4) is 0 Å². The summed E-state index contributed by atoms with van der Waals surface area (Å²) in [6.07, 6.45) is 2.03. The Morgan fingerprint density at radius 2 is 1.79 bits per heavy atom. The number of hydrogen-bond donors (Lipinski definition) is 2. The molecule has 2 aromatic carbocycles. The van der Waals surface area contributed by atoms with Gasteiger partial charge in [-0.1, -0.05) is 31.5 Å². The first-order valence-corrected chi connectivity index (χ1v) is 12.1. The van der Waals surface area contributed by atoms with Gasteiger partial charge < -0.3 is 4.90 Å². The van der Waals surface area contributed by atoms with Crippen molar-refractivity contribution in [2.24, 2.45) is 5.92 Å². The van der Waals surface area contributed by atoms with Gasteiger partial charge in [-0.3, -0.25) is 25.2 Å². The molecule has 1 atom stereocenters. The zero-order valence-corrected chi connectivity index (χ0v) is 19.7. The van der Waals surface area contributed by atoms with Crippen LogP contribution in [-0.2, 0) is 26.0 Å². The molecule has 2 N–H and O–H groups in total. The number of rotatable bonds is 7. The molecule has 1 aliphatic rings. The third-order valence-corrected chi connectivity index (χ3v) is 7.27. The van der Waals surface area contributed by atoms with E-state index in [2.05, 4.69) is 17.8 Å². The van der Waals surface area contributed by atoms with Crippen LogP contribution in [0.15, 0.2) is 53.4 Å². The molecule has 9 nitrogen and oxygen atoms in total. The monoisotopic (exact) mass is 472 g/mol. The second kappa shape index (κ2) is 10.1. The van der Waals surface area contributed by atoms with E-state index in [1.165, 1.54) is 43.9 Å². The van der Waals surface area contributed by atoms with Gasteiger partial charge in [-0.15, -0.1) is 0 Å². The van der Waals surface area contributed by atoms with Gasteiger partial charge in [0.15, 0.2) is 0 Å². The van der Waals surface area contributed by atoms with Crippen LogP contribution in [0.3, 0.4) is 0 Å². The molecule has 0 aliphatic carbocycles. The molecule has 1 heterocycles. The Hall–Kier alpha value is -3.24. The Bertz CT molecular complexity index is 1150. The molecule has 10 heteroatoms. The van der Waals surface area contributed by atoms with E-state index in [1.807, 2.05) is 24.3 Å². The van der Waals surface area contributed by atoms with Crippen molar-refractivity contribution < 1.29 is 22.8 Å². The Morgan fingerprint density at radius 3 is 2.42 bits per heavy atom. The first kappa shape index (κ1) is 24.4. The summed E-state index contributed by atoms with van der Waals surface area (Å²) >= 11 is 0. The van der Waals surface area contributed by atoms with Crippen molar-refractivity contribution in [2.45, 2.75) is 31.1 Å². The fraction of sp³-hybridized carbons (Fsp3) is 0.348. The molecule has 1 unspecified atom stereocenters. The molecule has 3 amide bonds. The summed E-state index contributed by atoms with van der Waals surface area (Å²) in [7, 11) is -0.905. The highest BCUT2D eigenvalue weighted by Gasteiger charge is 2.35. The summed E-state index contributed by atoms with van der Waals surface area (Å²) in [5, 5.41) is 0. The van der Waals surface area contributed by atoms with E-state index in [4.69, 9.17) is 0 Å². The fourth-order valence-corrected chi connectivity index (χ4v) is 4.51. The second-order valence-corrected chi connectivity index (χ2v) is 10.2. The molecule has 0 spiro atoms. The van der Waals surface area contributed by atoms with Gasteiger partial charge in [0.05, 0.1) is 10.8 Å². The van der Waals surface area contributed by atoms with Crippen molar-refractivity contribution in [2.75, 3.05) is 25.5 Å². The van der Waals surface area contributed by atoms with Crippen LogP contribution in [0.1, 0.15) is 35.7 Å². The minimum Gasteiger partial charge on any atom is -0.312 e. The SMILES string of the molecule is CCCc1ccc(N2CC(C(=O)NNC(=O)c3cccc(S(=O)(=O)N(C)C)c3)CC2=O)cc1. The lowest BCUT2D eigenvalue weighted by Crippen LogP contribution is -2.45. The minimum absolute atomic E-state index is 0.0338. The van der Waals surface area contributed by atoms with E-state index in [0.717, 1.165) is 22.8 Å². The average molecular weight is 473 g/mol. The topological polar surface area (TPSA) is 116 Å². The lowest BCUT2D eigenvalue weighted by atomic mass is 10.1. The first-order valence-electron chi connectivity index (χ1n) is 10.7. The van der Waals surface area contributed by atoms with Gasteiger partial charge in [0.1, 0.15) is 0 Å². The number of hydrogen-bond acceptors (Lipinski definition) is 5. The summed E-state index contributed by atoms with van der Waals surface area (Å²) in [6.45, 7) is 2.31. The van der Waals surface area contributed by atoms with E-state index in [1.54, 1.807) is 4.90 Å². The standard InChI is InChI=1S/C23H28N4O5S/c1-4-6-16-9-11-19(12-10-16)27-15-18(14-21(27)28)23(30)25-24-22(29)17-7-5-8-20(13-17)33(31,32)26(2)3/h5,7-13,18H,4,6,14-15H2,1-3H3,(H,24,29)(H,25,30).